The second kappa shape index (κ2) is 6.79. The molecule has 0 saturated heterocycles. The van der Waals surface area contributed by atoms with Crippen LogP contribution >= 0.6 is 10.7 Å². The third kappa shape index (κ3) is 4.20. The van der Waals surface area contributed by atoms with Crippen LogP contribution in [0, 0.1) is 6.92 Å². The number of benzene rings is 1. The molecule has 0 aliphatic carbocycles. The highest BCUT2D eigenvalue weighted by Crippen LogP contribution is 2.23. The molecular formula is C15H22ClNO3S. The summed E-state index contributed by atoms with van der Waals surface area (Å²) in [6, 6.07) is 4.54. The van der Waals surface area contributed by atoms with Crippen LogP contribution in [-0.2, 0) is 9.05 Å². The Morgan fingerprint density at radius 1 is 1.19 bits per heavy atom. The second-order valence-electron chi connectivity index (χ2n) is 5.21. The molecule has 21 heavy (non-hydrogen) atoms. The molecule has 0 bridgehead atoms. The zero-order valence-corrected chi connectivity index (χ0v) is 14.4. The van der Waals surface area contributed by atoms with E-state index >= 15 is 0 Å². The van der Waals surface area contributed by atoms with Crippen molar-refractivity contribution in [2.45, 2.75) is 57.4 Å². The average Bonchev–Trinajstić information content (AvgIpc) is 2.44. The molecule has 1 rings (SSSR count). The molecule has 0 aliphatic rings. The minimum Gasteiger partial charge on any atom is -0.347 e. The minimum atomic E-state index is -3.86. The van der Waals surface area contributed by atoms with Crippen LogP contribution < -0.4 is 5.32 Å². The van der Waals surface area contributed by atoms with Crippen LogP contribution in [0.3, 0.4) is 0 Å². The Morgan fingerprint density at radius 2 is 1.71 bits per heavy atom. The first-order valence-electron chi connectivity index (χ1n) is 7.07. The Morgan fingerprint density at radius 3 is 2.14 bits per heavy atom. The van der Waals surface area contributed by atoms with Gasteiger partial charge in [0.2, 0.25) is 0 Å². The molecular weight excluding hydrogens is 310 g/mol. The molecule has 0 fully saturated rings. The average molecular weight is 332 g/mol. The van der Waals surface area contributed by atoms with Crippen LogP contribution in [0.15, 0.2) is 23.1 Å². The van der Waals surface area contributed by atoms with Gasteiger partial charge in [-0.15, -0.1) is 0 Å². The fourth-order valence-electron chi connectivity index (χ4n) is 2.33. The molecule has 0 aliphatic heterocycles. The van der Waals surface area contributed by atoms with Gasteiger partial charge in [-0.1, -0.05) is 26.8 Å². The Kier molecular flexibility index (Phi) is 5.82. The van der Waals surface area contributed by atoms with Crippen molar-refractivity contribution in [3.63, 3.8) is 0 Å². The lowest BCUT2D eigenvalue weighted by atomic mass is 9.89. The molecule has 0 spiro atoms. The lowest BCUT2D eigenvalue weighted by Gasteiger charge is -2.31. The molecule has 1 amide bonds. The molecule has 0 aromatic heterocycles. The largest absolute Gasteiger partial charge is 0.347 e. The Hall–Kier alpha value is -1.07. The van der Waals surface area contributed by atoms with Crippen molar-refractivity contribution in [2.24, 2.45) is 0 Å². The summed E-state index contributed by atoms with van der Waals surface area (Å²) in [4.78, 5) is 12.4. The van der Waals surface area contributed by atoms with E-state index in [-0.39, 0.29) is 16.3 Å². The van der Waals surface area contributed by atoms with E-state index in [0.29, 0.717) is 11.1 Å². The molecule has 0 heterocycles. The number of amides is 1. The Balaban J connectivity index is 3.15. The summed E-state index contributed by atoms with van der Waals surface area (Å²) >= 11 is 0. The predicted molar refractivity (Wildman–Crippen MR) is 85.3 cm³/mol. The van der Waals surface area contributed by atoms with E-state index in [4.69, 9.17) is 10.7 Å². The quantitative estimate of drug-likeness (QED) is 0.810. The summed E-state index contributed by atoms with van der Waals surface area (Å²) in [5.74, 6) is -0.276. The van der Waals surface area contributed by atoms with Crippen LogP contribution in [0.5, 0.6) is 0 Å². The Labute approximate surface area is 131 Å². The van der Waals surface area contributed by atoms with Gasteiger partial charge in [-0.3, -0.25) is 4.79 Å². The van der Waals surface area contributed by atoms with Crippen LogP contribution in [0.2, 0.25) is 0 Å². The van der Waals surface area contributed by atoms with E-state index < -0.39 is 9.05 Å². The maximum Gasteiger partial charge on any atom is 0.261 e. The van der Waals surface area contributed by atoms with Crippen LogP contribution in [0.25, 0.3) is 0 Å². The van der Waals surface area contributed by atoms with Gasteiger partial charge >= 0.3 is 0 Å². The minimum absolute atomic E-state index is 0.0214. The van der Waals surface area contributed by atoms with Crippen LogP contribution in [-0.4, -0.2) is 19.9 Å². The molecule has 118 valence electrons. The lowest BCUT2D eigenvalue weighted by Crippen LogP contribution is -2.47. The van der Waals surface area contributed by atoms with E-state index in [0.717, 1.165) is 19.3 Å². The van der Waals surface area contributed by atoms with Crippen LogP contribution in [0.1, 0.15) is 56.0 Å². The molecule has 1 aromatic carbocycles. The fraction of sp³-hybridized carbons (Fsp3) is 0.533. The van der Waals surface area contributed by atoms with Gasteiger partial charge in [-0.25, -0.2) is 8.42 Å². The third-order valence-electron chi connectivity index (χ3n) is 4.12. The van der Waals surface area contributed by atoms with Gasteiger partial charge in [0, 0.05) is 21.8 Å². The number of rotatable bonds is 6. The predicted octanol–water partition coefficient (Wildman–Crippen LogP) is 3.62. The van der Waals surface area contributed by atoms with Crippen molar-refractivity contribution in [1.82, 2.24) is 5.32 Å². The van der Waals surface area contributed by atoms with Gasteiger partial charge in [0.1, 0.15) is 0 Å². The van der Waals surface area contributed by atoms with Crippen molar-refractivity contribution in [2.75, 3.05) is 0 Å². The first kappa shape index (κ1) is 18.0. The molecule has 4 nitrogen and oxygen atoms in total. The number of hydrogen-bond donors (Lipinski definition) is 1. The van der Waals surface area contributed by atoms with Crippen LogP contribution in [0.4, 0.5) is 0 Å². The van der Waals surface area contributed by atoms with E-state index in [1.807, 2.05) is 20.8 Å². The highest BCUT2D eigenvalue weighted by atomic mass is 35.7. The van der Waals surface area contributed by atoms with Gasteiger partial charge in [-0.05, 0) is 43.9 Å². The van der Waals surface area contributed by atoms with Gasteiger partial charge in [0.25, 0.3) is 15.0 Å². The smallest absolute Gasteiger partial charge is 0.261 e. The lowest BCUT2D eigenvalue weighted by molar-refractivity contribution is 0.0888. The first-order chi connectivity index (χ1) is 9.69. The van der Waals surface area contributed by atoms with Gasteiger partial charge in [0.05, 0.1) is 4.90 Å². The second-order valence-corrected chi connectivity index (χ2v) is 7.75. The summed E-state index contributed by atoms with van der Waals surface area (Å²) in [5, 5.41) is 3.02. The molecule has 1 N–H and O–H groups in total. The maximum atomic E-state index is 12.4. The standard InChI is InChI=1S/C15H22ClNO3S/c1-5-15(6-2,7-3)17-14(18)12-9-8-11(4)13(10-12)21(16,19)20/h8-10H,5-7H2,1-4H3,(H,17,18). The number of aryl methyl sites for hydroxylation is 1. The highest BCUT2D eigenvalue weighted by Gasteiger charge is 2.27. The highest BCUT2D eigenvalue weighted by molar-refractivity contribution is 8.13. The fourth-order valence-corrected chi connectivity index (χ4v) is 3.55. The molecule has 0 saturated carbocycles. The molecule has 1 aromatic rings. The van der Waals surface area contributed by atoms with E-state index in [9.17, 15) is 13.2 Å². The van der Waals surface area contributed by atoms with Crippen molar-refractivity contribution in [3.8, 4) is 0 Å². The van der Waals surface area contributed by atoms with Gasteiger partial charge in [0.15, 0.2) is 0 Å². The summed E-state index contributed by atoms with van der Waals surface area (Å²) in [7, 11) is 1.54. The van der Waals surface area contributed by atoms with Gasteiger partial charge in [-0.2, -0.15) is 0 Å². The normalized spacial score (nSPS) is 12.2. The van der Waals surface area contributed by atoms with E-state index in [1.165, 1.54) is 6.07 Å². The number of nitrogens with one attached hydrogen (secondary N) is 1. The molecule has 6 heteroatoms. The first-order valence-corrected chi connectivity index (χ1v) is 9.38. The number of hydrogen-bond acceptors (Lipinski definition) is 3. The van der Waals surface area contributed by atoms with E-state index in [1.54, 1.807) is 19.1 Å². The van der Waals surface area contributed by atoms with Crippen molar-refractivity contribution >= 4 is 25.6 Å². The van der Waals surface area contributed by atoms with Crippen molar-refractivity contribution in [3.05, 3.63) is 29.3 Å². The van der Waals surface area contributed by atoms with E-state index in [2.05, 4.69) is 5.32 Å². The maximum absolute atomic E-state index is 12.4. The topological polar surface area (TPSA) is 63.2 Å². The third-order valence-corrected chi connectivity index (χ3v) is 5.59. The summed E-state index contributed by atoms with van der Waals surface area (Å²) in [5.41, 5.74) is 0.566. The van der Waals surface area contributed by atoms with Crippen molar-refractivity contribution < 1.29 is 13.2 Å². The van der Waals surface area contributed by atoms with Gasteiger partial charge < -0.3 is 5.32 Å². The number of carbonyl (C=O) groups is 1. The zero-order chi connectivity index (χ0) is 16.3. The zero-order valence-electron chi connectivity index (χ0n) is 12.9. The number of carbonyl (C=O) groups excluding carboxylic acids is 1. The van der Waals surface area contributed by atoms with Crippen molar-refractivity contribution in [1.29, 1.82) is 0 Å². The molecule has 0 radical (unpaired) electrons. The summed E-state index contributed by atoms with van der Waals surface area (Å²) in [6.07, 6.45) is 2.45. The number of halogens is 1. The molecule has 0 atom stereocenters. The Bertz CT molecular complexity index is 614. The SMILES string of the molecule is CCC(CC)(CC)NC(=O)c1ccc(C)c(S(=O)(=O)Cl)c1. The summed E-state index contributed by atoms with van der Waals surface area (Å²) in [6.45, 7) is 7.72. The molecule has 0 unspecified atom stereocenters. The monoisotopic (exact) mass is 331 g/mol. The summed E-state index contributed by atoms with van der Waals surface area (Å²) < 4.78 is 23.0.